The summed E-state index contributed by atoms with van der Waals surface area (Å²) < 4.78 is 0. The molecule has 2 amide bonds. The summed E-state index contributed by atoms with van der Waals surface area (Å²) in [6, 6.07) is 11.2. The highest BCUT2D eigenvalue weighted by Gasteiger charge is 2.21. The summed E-state index contributed by atoms with van der Waals surface area (Å²) in [4.78, 5) is 25.5. The van der Waals surface area contributed by atoms with Crippen LogP contribution >= 0.6 is 11.3 Å². The van der Waals surface area contributed by atoms with Crippen molar-refractivity contribution >= 4 is 33.8 Å². The lowest BCUT2D eigenvalue weighted by Crippen LogP contribution is -2.23. The summed E-state index contributed by atoms with van der Waals surface area (Å²) in [5.74, 6) is -0.00818. The molecule has 5 nitrogen and oxygen atoms in total. The van der Waals surface area contributed by atoms with Crippen LogP contribution in [0.4, 0.5) is 10.7 Å². The van der Waals surface area contributed by atoms with E-state index >= 15 is 0 Å². The Labute approximate surface area is 138 Å². The van der Waals surface area contributed by atoms with Gasteiger partial charge >= 0.3 is 0 Å². The van der Waals surface area contributed by atoms with Crippen molar-refractivity contribution in [3.63, 3.8) is 0 Å². The standard InChI is InChI=1S/C17H15N3O2S/c18-11-13-7-9-23-17(13)19-15(21)10-12-3-5-14(6-4-12)20-8-1-2-16(20)22/h3-7,9H,1-2,8,10H2,(H,19,21). The number of nitrogens with one attached hydrogen (secondary N) is 1. The maximum atomic E-state index is 12.1. The molecule has 116 valence electrons. The number of anilines is 2. The molecule has 1 aromatic heterocycles. The summed E-state index contributed by atoms with van der Waals surface area (Å²) in [7, 11) is 0. The number of carbonyl (C=O) groups is 2. The normalized spacial score (nSPS) is 13.9. The van der Waals surface area contributed by atoms with Crippen LogP contribution < -0.4 is 10.2 Å². The largest absolute Gasteiger partial charge is 0.316 e. The van der Waals surface area contributed by atoms with Gasteiger partial charge in [-0.1, -0.05) is 12.1 Å². The average Bonchev–Trinajstić information content (AvgIpc) is 3.16. The molecule has 23 heavy (non-hydrogen) atoms. The molecule has 0 atom stereocenters. The lowest BCUT2D eigenvalue weighted by atomic mass is 10.1. The fraction of sp³-hybridized carbons (Fsp3) is 0.235. The van der Waals surface area contributed by atoms with Crippen LogP contribution in [0.25, 0.3) is 0 Å². The van der Waals surface area contributed by atoms with Gasteiger partial charge in [0.25, 0.3) is 0 Å². The lowest BCUT2D eigenvalue weighted by Gasteiger charge is -2.15. The molecule has 1 fully saturated rings. The Hall–Kier alpha value is -2.65. The summed E-state index contributed by atoms with van der Waals surface area (Å²) in [6.07, 6.45) is 1.73. The molecule has 1 saturated heterocycles. The van der Waals surface area contributed by atoms with E-state index in [1.165, 1.54) is 11.3 Å². The number of nitriles is 1. The monoisotopic (exact) mass is 325 g/mol. The molecule has 2 heterocycles. The molecule has 0 saturated carbocycles. The van der Waals surface area contributed by atoms with Gasteiger partial charge in [-0.05, 0) is 35.6 Å². The molecule has 1 aromatic carbocycles. The number of nitrogens with zero attached hydrogens (tertiary/aromatic N) is 2. The van der Waals surface area contributed by atoms with Crippen LogP contribution in [-0.4, -0.2) is 18.4 Å². The Morgan fingerprint density at radius 1 is 1.30 bits per heavy atom. The molecule has 0 unspecified atom stereocenters. The van der Waals surface area contributed by atoms with Gasteiger partial charge in [-0.3, -0.25) is 9.59 Å². The molecule has 6 heteroatoms. The van der Waals surface area contributed by atoms with Crippen molar-refractivity contribution in [1.82, 2.24) is 0 Å². The SMILES string of the molecule is N#Cc1ccsc1NC(=O)Cc1ccc(N2CCCC2=O)cc1. The van der Waals surface area contributed by atoms with Gasteiger partial charge in [-0.15, -0.1) is 11.3 Å². The highest BCUT2D eigenvalue weighted by molar-refractivity contribution is 7.14. The van der Waals surface area contributed by atoms with E-state index in [2.05, 4.69) is 5.32 Å². The van der Waals surface area contributed by atoms with Crippen LogP contribution in [0.3, 0.4) is 0 Å². The maximum Gasteiger partial charge on any atom is 0.229 e. The van der Waals surface area contributed by atoms with Gasteiger partial charge in [0.15, 0.2) is 0 Å². The van der Waals surface area contributed by atoms with Gasteiger partial charge < -0.3 is 10.2 Å². The second-order valence-corrected chi connectivity index (χ2v) is 6.23. The topological polar surface area (TPSA) is 73.2 Å². The van der Waals surface area contributed by atoms with Gasteiger partial charge in [-0.25, -0.2) is 0 Å². The van der Waals surface area contributed by atoms with Crippen LogP contribution in [0.15, 0.2) is 35.7 Å². The molecular weight excluding hydrogens is 310 g/mol. The Morgan fingerprint density at radius 3 is 2.74 bits per heavy atom. The van der Waals surface area contributed by atoms with Crippen molar-refractivity contribution in [1.29, 1.82) is 5.26 Å². The minimum atomic E-state index is -0.158. The summed E-state index contributed by atoms with van der Waals surface area (Å²) in [5.41, 5.74) is 2.22. The zero-order valence-corrected chi connectivity index (χ0v) is 13.2. The van der Waals surface area contributed by atoms with Crippen LogP contribution in [0.5, 0.6) is 0 Å². The maximum absolute atomic E-state index is 12.1. The van der Waals surface area contributed by atoms with Gasteiger partial charge in [0.2, 0.25) is 11.8 Å². The Morgan fingerprint density at radius 2 is 2.09 bits per heavy atom. The molecule has 0 radical (unpaired) electrons. The third-order valence-corrected chi connectivity index (χ3v) is 4.55. The second-order valence-electron chi connectivity index (χ2n) is 5.32. The van der Waals surface area contributed by atoms with Crippen molar-refractivity contribution in [2.75, 3.05) is 16.8 Å². The van der Waals surface area contributed by atoms with Crippen molar-refractivity contribution in [3.05, 3.63) is 46.8 Å². The number of hydrogen-bond acceptors (Lipinski definition) is 4. The van der Waals surface area contributed by atoms with E-state index in [1.54, 1.807) is 16.3 Å². The van der Waals surface area contributed by atoms with E-state index in [-0.39, 0.29) is 18.2 Å². The number of benzene rings is 1. The van der Waals surface area contributed by atoms with Crippen molar-refractivity contribution in [3.8, 4) is 6.07 Å². The summed E-state index contributed by atoms with van der Waals surface area (Å²) >= 11 is 1.33. The molecule has 0 bridgehead atoms. The number of carbonyl (C=O) groups excluding carboxylic acids is 2. The van der Waals surface area contributed by atoms with E-state index in [0.717, 1.165) is 24.2 Å². The number of hydrogen-bond donors (Lipinski definition) is 1. The van der Waals surface area contributed by atoms with Crippen molar-refractivity contribution in [2.24, 2.45) is 0 Å². The van der Waals surface area contributed by atoms with Crippen molar-refractivity contribution < 1.29 is 9.59 Å². The molecular formula is C17H15N3O2S. The Kier molecular flexibility index (Phi) is 4.40. The third-order valence-electron chi connectivity index (χ3n) is 3.72. The van der Waals surface area contributed by atoms with Gasteiger partial charge in [-0.2, -0.15) is 5.26 Å². The van der Waals surface area contributed by atoms with Gasteiger partial charge in [0, 0.05) is 18.7 Å². The summed E-state index contributed by atoms with van der Waals surface area (Å²) in [6.45, 7) is 0.758. The minimum absolute atomic E-state index is 0.150. The first-order chi connectivity index (χ1) is 11.2. The van der Waals surface area contributed by atoms with Crippen molar-refractivity contribution in [2.45, 2.75) is 19.3 Å². The molecule has 3 rings (SSSR count). The second kappa shape index (κ2) is 6.63. The van der Waals surface area contributed by atoms with Crippen LogP contribution in [-0.2, 0) is 16.0 Å². The van der Waals surface area contributed by atoms with Gasteiger partial charge in [0.05, 0.1) is 12.0 Å². The molecule has 1 N–H and O–H groups in total. The highest BCUT2D eigenvalue weighted by atomic mass is 32.1. The zero-order valence-electron chi connectivity index (χ0n) is 12.4. The fourth-order valence-electron chi connectivity index (χ4n) is 2.57. The molecule has 1 aliphatic heterocycles. The first-order valence-electron chi connectivity index (χ1n) is 7.34. The van der Waals surface area contributed by atoms with Crippen LogP contribution in [0, 0.1) is 11.3 Å². The van der Waals surface area contributed by atoms with E-state index in [4.69, 9.17) is 5.26 Å². The van der Waals surface area contributed by atoms with Gasteiger partial charge in [0.1, 0.15) is 11.1 Å². The van der Waals surface area contributed by atoms with E-state index < -0.39 is 0 Å². The average molecular weight is 325 g/mol. The molecule has 1 aliphatic rings. The quantitative estimate of drug-likeness (QED) is 0.939. The predicted octanol–water partition coefficient (Wildman–Crippen LogP) is 2.93. The zero-order chi connectivity index (χ0) is 16.2. The lowest BCUT2D eigenvalue weighted by molar-refractivity contribution is -0.117. The first kappa shape index (κ1) is 15.3. The minimum Gasteiger partial charge on any atom is -0.316 e. The Bertz CT molecular complexity index is 774. The molecule has 2 aromatic rings. The van der Waals surface area contributed by atoms with Crippen LogP contribution in [0.1, 0.15) is 24.0 Å². The predicted molar refractivity (Wildman–Crippen MR) is 89.4 cm³/mol. The number of rotatable bonds is 4. The number of thiophene rings is 1. The summed E-state index contributed by atoms with van der Waals surface area (Å²) in [5, 5.41) is 14.1. The van der Waals surface area contributed by atoms with Crippen LogP contribution in [0.2, 0.25) is 0 Å². The molecule has 0 aliphatic carbocycles. The third kappa shape index (κ3) is 3.41. The first-order valence-corrected chi connectivity index (χ1v) is 8.22. The molecule has 0 spiro atoms. The Balaban J connectivity index is 1.63. The highest BCUT2D eigenvalue weighted by Crippen LogP contribution is 2.23. The van der Waals surface area contributed by atoms with E-state index in [1.807, 2.05) is 30.3 Å². The fourth-order valence-corrected chi connectivity index (χ4v) is 3.32. The van der Waals surface area contributed by atoms with E-state index in [9.17, 15) is 9.59 Å². The number of amides is 2. The smallest absolute Gasteiger partial charge is 0.229 e. The van der Waals surface area contributed by atoms with E-state index in [0.29, 0.717) is 17.0 Å².